The molecule has 0 aliphatic heterocycles. The second-order valence-corrected chi connectivity index (χ2v) is 8.12. The van der Waals surface area contributed by atoms with Gasteiger partial charge in [0.05, 0.1) is 12.9 Å². The number of aromatic nitrogens is 2. The summed E-state index contributed by atoms with van der Waals surface area (Å²) in [5.74, 6) is 1.27. The molecule has 1 fully saturated rings. The minimum absolute atomic E-state index is 0.0803. The van der Waals surface area contributed by atoms with Gasteiger partial charge in [-0.1, -0.05) is 42.4 Å². The molecule has 8 heteroatoms. The highest BCUT2D eigenvalue weighted by molar-refractivity contribution is 8.01. The number of methoxy groups -OCH3 is 1. The lowest BCUT2D eigenvalue weighted by Crippen LogP contribution is -2.37. The van der Waals surface area contributed by atoms with Crippen molar-refractivity contribution in [1.82, 2.24) is 15.5 Å². The molecule has 134 valence electrons. The molecule has 1 aromatic heterocycles. The summed E-state index contributed by atoms with van der Waals surface area (Å²) in [5, 5.41) is 15.3. The van der Waals surface area contributed by atoms with Crippen LogP contribution in [-0.2, 0) is 4.79 Å². The quantitative estimate of drug-likeness (QED) is 0.713. The SMILES string of the molecule is COc1ccc(Nc2nnc(SCC(=O)NC3CCCCC3)s2)cc1. The first-order chi connectivity index (χ1) is 12.2. The summed E-state index contributed by atoms with van der Waals surface area (Å²) in [7, 11) is 1.64. The number of thioether (sulfide) groups is 1. The van der Waals surface area contributed by atoms with E-state index in [9.17, 15) is 4.79 Å². The van der Waals surface area contributed by atoms with Crippen molar-refractivity contribution in [3.63, 3.8) is 0 Å². The van der Waals surface area contributed by atoms with Gasteiger partial charge in [-0.15, -0.1) is 10.2 Å². The van der Waals surface area contributed by atoms with Gasteiger partial charge in [0.1, 0.15) is 5.75 Å². The number of carbonyl (C=O) groups excluding carboxylic acids is 1. The molecule has 1 heterocycles. The number of anilines is 2. The van der Waals surface area contributed by atoms with E-state index >= 15 is 0 Å². The van der Waals surface area contributed by atoms with Crippen LogP contribution < -0.4 is 15.4 Å². The number of carbonyl (C=O) groups is 1. The maximum atomic E-state index is 12.0. The van der Waals surface area contributed by atoms with E-state index in [1.807, 2.05) is 24.3 Å². The van der Waals surface area contributed by atoms with E-state index in [1.165, 1.54) is 42.4 Å². The van der Waals surface area contributed by atoms with Crippen LogP contribution in [-0.4, -0.2) is 35.0 Å². The van der Waals surface area contributed by atoms with E-state index < -0.39 is 0 Å². The van der Waals surface area contributed by atoms with Gasteiger partial charge in [0.25, 0.3) is 0 Å². The maximum absolute atomic E-state index is 12.0. The largest absolute Gasteiger partial charge is 0.497 e. The summed E-state index contributed by atoms with van der Waals surface area (Å²) in [4.78, 5) is 12.0. The van der Waals surface area contributed by atoms with Crippen molar-refractivity contribution >= 4 is 39.8 Å². The standard InChI is InChI=1S/C17H22N4O2S2/c1-23-14-9-7-13(8-10-14)19-16-20-21-17(25-16)24-11-15(22)18-12-5-3-2-4-6-12/h7-10,12H,2-6,11H2,1H3,(H,18,22)(H,19,20). The predicted octanol–water partition coefficient (Wildman–Crippen LogP) is 3.83. The normalized spacial score (nSPS) is 14.9. The highest BCUT2D eigenvalue weighted by atomic mass is 32.2. The van der Waals surface area contributed by atoms with Gasteiger partial charge in [-0.3, -0.25) is 4.79 Å². The molecular weight excluding hydrogens is 356 g/mol. The first-order valence-electron chi connectivity index (χ1n) is 8.39. The fraction of sp³-hybridized carbons (Fsp3) is 0.471. The zero-order chi connectivity index (χ0) is 17.5. The minimum atomic E-state index is 0.0803. The van der Waals surface area contributed by atoms with Crippen molar-refractivity contribution in [2.75, 3.05) is 18.2 Å². The number of ether oxygens (including phenoxy) is 1. The average molecular weight is 379 g/mol. The third-order valence-corrected chi connectivity index (χ3v) is 6.02. The number of nitrogens with one attached hydrogen (secondary N) is 2. The molecule has 0 spiro atoms. The van der Waals surface area contributed by atoms with Crippen molar-refractivity contribution in [3.05, 3.63) is 24.3 Å². The summed E-state index contributed by atoms with van der Waals surface area (Å²) in [6.07, 6.45) is 5.93. The Morgan fingerprint density at radius 2 is 2.00 bits per heavy atom. The number of hydrogen-bond acceptors (Lipinski definition) is 7. The highest BCUT2D eigenvalue weighted by Crippen LogP contribution is 2.28. The predicted molar refractivity (Wildman–Crippen MR) is 102 cm³/mol. The smallest absolute Gasteiger partial charge is 0.230 e. The molecule has 1 aliphatic rings. The molecule has 1 aliphatic carbocycles. The van der Waals surface area contributed by atoms with Crippen molar-refractivity contribution in [1.29, 1.82) is 0 Å². The van der Waals surface area contributed by atoms with Crippen molar-refractivity contribution < 1.29 is 9.53 Å². The molecule has 1 saturated carbocycles. The van der Waals surface area contributed by atoms with E-state index in [0.717, 1.165) is 28.6 Å². The van der Waals surface area contributed by atoms with Gasteiger partial charge in [-0.05, 0) is 37.1 Å². The Kier molecular flexibility index (Phi) is 6.52. The second kappa shape index (κ2) is 9.05. The van der Waals surface area contributed by atoms with Crippen LogP contribution >= 0.6 is 23.1 Å². The van der Waals surface area contributed by atoms with Crippen LogP contribution in [0.15, 0.2) is 28.6 Å². The molecule has 2 N–H and O–H groups in total. The number of rotatable bonds is 7. The summed E-state index contributed by atoms with van der Waals surface area (Å²) >= 11 is 2.87. The van der Waals surface area contributed by atoms with E-state index in [4.69, 9.17) is 4.74 Å². The van der Waals surface area contributed by atoms with Gasteiger partial charge < -0.3 is 15.4 Å². The first-order valence-corrected chi connectivity index (χ1v) is 10.2. The van der Waals surface area contributed by atoms with Gasteiger partial charge >= 0.3 is 0 Å². The van der Waals surface area contributed by atoms with Crippen molar-refractivity contribution in [3.8, 4) is 5.75 Å². The fourth-order valence-corrected chi connectivity index (χ4v) is 4.34. The zero-order valence-corrected chi connectivity index (χ0v) is 15.8. The molecule has 0 saturated heterocycles. The third-order valence-electron chi connectivity index (χ3n) is 4.04. The zero-order valence-electron chi connectivity index (χ0n) is 14.2. The van der Waals surface area contributed by atoms with Gasteiger partial charge in [0, 0.05) is 11.7 Å². The molecule has 0 radical (unpaired) electrons. The minimum Gasteiger partial charge on any atom is -0.497 e. The maximum Gasteiger partial charge on any atom is 0.230 e. The van der Waals surface area contributed by atoms with Gasteiger partial charge in [0.15, 0.2) is 4.34 Å². The third kappa shape index (κ3) is 5.61. The van der Waals surface area contributed by atoms with Crippen LogP contribution in [0.25, 0.3) is 0 Å². The van der Waals surface area contributed by atoms with Crippen molar-refractivity contribution in [2.24, 2.45) is 0 Å². The molecule has 0 unspecified atom stereocenters. The molecule has 0 atom stereocenters. The lowest BCUT2D eigenvalue weighted by molar-refractivity contribution is -0.119. The Morgan fingerprint density at radius 3 is 2.72 bits per heavy atom. The highest BCUT2D eigenvalue weighted by Gasteiger charge is 2.16. The topological polar surface area (TPSA) is 76.1 Å². The number of amides is 1. The van der Waals surface area contributed by atoms with Gasteiger partial charge in [-0.25, -0.2) is 0 Å². The molecule has 0 bridgehead atoms. The number of nitrogens with zero attached hydrogens (tertiary/aromatic N) is 2. The lowest BCUT2D eigenvalue weighted by Gasteiger charge is -2.22. The Labute approximate surface area is 155 Å². The monoisotopic (exact) mass is 378 g/mol. The molecule has 1 aromatic carbocycles. The molecule has 2 aromatic rings. The summed E-state index contributed by atoms with van der Waals surface area (Å²) < 4.78 is 5.92. The lowest BCUT2D eigenvalue weighted by atomic mass is 9.95. The van der Waals surface area contributed by atoms with Crippen LogP contribution in [0.3, 0.4) is 0 Å². The Hall–Kier alpha value is -1.80. The second-order valence-electron chi connectivity index (χ2n) is 5.92. The van der Waals surface area contributed by atoms with Crippen LogP contribution in [0.2, 0.25) is 0 Å². The summed E-state index contributed by atoms with van der Waals surface area (Å²) in [6.45, 7) is 0. The van der Waals surface area contributed by atoms with Crippen LogP contribution in [0.1, 0.15) is 32.1 Å². The van der Waals surface area contributed by atoms with Gasteiger partial charge in [0.2, 0.25) is 11.0 Å². The molecule has 3 rings (SSSR count). The van der Waals surface area contributed by atoms with Crippen LogP contribution in [0.5, 0.6) is 5.75 Å². The number of benzene rings is 1. The Morgan fingerprint density at radius 1 is 1.24 bits per heavy atom. The summed E-state index contributed by atoms with van der Waals surface area (Å²) in [6, 6.07) is 7.96. The summed E-state index contributed by atoms with van der Waals surface area (Å²) in [5.41, 5.74) is 0.920. The van der Waals surface area contributed by atoms with E-state index in [1.54, 1.807) is 7.11 Å². The Balaban J connectivity index is 1.45. The molecule has 1 amide bonds. The Bertz CT molecular complexity index is 684. The molecule has 6 nitrogen and oxygen atoms in total. The molecule has 25 heavy (non-hydrogen) atoms. The first kappa shape index (κ1) is 18.0. The van der Waals surface area contributed by atoms with E-state index in [0.29, 0.717) is 16.9 Å². The van der Waals surface area contributed by atoms with Crippen LogP contribution in [0.4, 0.5) is 10.8 Å². The van der Waals surface area contributed by atoms with E-state index in [-0.39, 0.29) is 5.91 Å². The van der Waals surface area contributed by atoms with E-state index in [2.05, 4.69) is 20.8 Å². The fourth-order valence-electron chi connectivity index (χ4n) is 2.76. The van der Waals surface area contributed by atoms with Crippen molar-refractivity contribution in [2.45, 2.75) is 42.5 Å². The average Bonchev–Trinajstić information content (AvgIpc) is 3.09. The molecular formula is C17H22N4O2S2. The number of hydrogen-bond donors (Lipinski definition) is 2. The van der Waals surface area contributed by atoms with Crippen LogP contribution in [0, 0.1) is 0 Å². The van der Waals surface area contributed by atoms with Gasteiger partial charge in [-0.2, -0.15) is 0 Å².